The largest absolute Gasteiger partial charge is 3.00 e. The molecular weight excluding hydrogens is 617 g/mol. The van der Waals surface area contributed by atoms with Gasteiger partial charge in [-0.25, -0.2) is 0 Å². The summed E-state index contributed by atoms with van der Waals surface area (Å²) in [6.07, 6.45) is 0. The van der Waals surface area contributed by atoms with Crippen molar-refractivity contribution in [3.63, 3.8) is 0 Å². The maximum absolute atomic E-state index is 11.1. The zero-order valence-corrected chi connectivity index (χ0v) is 25.6. The summed E-state index contributed by atoms with van der Waals surface area (Å²) in [6, 6.07) is 0. The molecule has 0 saturated heterocycles. The first-order valence-electron chi connectivity index (χ1n) is 11.0. The Morgan fingerprint density at radius 2 is 0.425 bits per heavy atom. The first kappa shape index (κ1) is 43.3. The smallest absolute Gasteiger partial charge is 0.875 e. The van der Waals surface area contributed by atoms with Crippen LogP contribution in [0.1, 0.15) is 62.3 Å². The second-order valence-corrected chi connectivity index (χ2v) is 8.53. The van der Waals surface area contributed by atoms with Crippen LogP contribution in [0.4, 0.5) is 0 Å². The molecule has 0 aliphatic rings. The summed E-state index contributed by atoms with van der Waals surface area (Å²) in [6.45, 7) is 18.2. The molecule has 0 amide bonds. The molecule has 0 spiro atoms. The number of hydrogen-bond donors (Lipinski definition) is 0. The number of Topliss-reactive ketones (excluding diaryl/α,β-unsaturated/α-hetero) is 9. The van der Waals surface area contributed by atoms with E-state index in [-0.39, 0.29) is 19.5 Å². The van der Waals surface area contributed by atoms with E-state index >= 15 is 0 Å². The van der Waals surface area contributed by atoms with E-state index in [9.17, 15) is 58.5 Å². The van der Waals surface area contributed by atoms with Gasteiger partial charge in [0.2, 0.25) is 0 Å². The fraction of sp³-hybridized carbons (Fsp3) is 0.444. The van der Waals surface area contributed by atoms with Crippen LogP contribution < -0.4 is 15.3 Å². The summed E-state index contributed by atoms with van der Waals surface area (Å²) in [5.41, 5.74) is -6.50. The molecule has 0 saturated carbocycles. The number of carbonyl (C=O) groups excluding carboxylic acids is 9. The van der Waals surface area contributed by atoms with Crippen molar-refractivity contribution >= 4 is 52.0 Å². The van der Waals surface area contributed by atoms with Crippen LogP contribution >= 0.6 is 0 Å². The molecule has 13 heteroatoms. The van der Waals surface area contributed by atoms with Gasteiger partial charge in [0.1, 0.15) is 0 Å². The molecule has 0 fully saturated rings. The van der Waals surface area contributed by atoms with Gasteiger partial charge in [0.25, 0.3) is 0 Å². The Labute approximate surface area is 245 Å². The minimum absolute atomic E-state index is 0. The van der Waals surface area contributed by atoms with Crippen LogP contribution in [0.15, 0.2) is 37.0 Å². The summed E-state index contributed by atoms with van der Waals surface area (Å²) in [7, 11) is 0. The fourth-order valence-electron chi connectivity index (χ4n) is 4.00. The Bertz CT molecular complexity index is 829. The van der Waals surface area contributed by atoms with E-state index in [0.717, 1.165) is 62.3 Å². The van der Waals surface area contributed by atoms with E-state index in [2.05, 4.69) is 19.7 Å². The Hall–Kier alpha value is -3.73. The number of ketones is 9. The SMILES string of the molecule is C=C([O-])C(C(C)=O)(C(C)=O)C(C)=O.C=C([O-])C(C(C)=O)(C(C)=O)C(C)=O.C=C([O-])C(C(C)=O)(C(C)=O)C(C)=O.[Ru+3]. The molecule has 0 aromatic rings. The maximum Gasteiger partial charge on any atom is 3.00 e. The second-order valence-electron chi connectivity index (χ2n) is 8.53. The van der Waals surface area contributed by atoms with Crippen LogP contribution in [0.2, 0.25) is 0 Å². The summed E-state index contributed by atoms with van der Waals surface area (Å²) >= 11 is 0. The van der Waals surface area contributed by atoms with E-state index in [1.165, 1.54) is 0 Å². The van der Waals surface area contributed by atoms with Crippen LogP contribution in [-0.2, 0) is 62.6 Å². The predicted molar refractivity (Wildman–Crippen MR) is 131 cm³/mol. The first-order valence-corrected chi connectivity index (χ1v) is 11.0. The first-order chi connectivity index (χ1) is 17.3. The summed E-state index contributed by atoms with van der Waals surface area (Å²) in [5, 5.41) is 33.1. The van der Waals surface area contributed by atoms with E-state index in [1.807, 2.05) is 0 Å². The number of carbonyl (C=O) groups is 9. The second kappa shape index (κ2) is 16.4. The zero-order chi connectivity index (χ0) is 32.4. The molecule has 0 aromatic carbocycles. The van der Waals surface area contributed by atoms with E-state index in [0.29, 0.717) is 0 Å². The molecule has 12 nitrogen and oxygen atoms in total. The molecule has 0 aliphatic heterocycles. The molecule has 0 aromatic heterocycles. The van der Waals surface area contributed by atoms with E-state index in [1.54, 1.807) is 0 Å². The van der Waals surface area contributed by atoms with Crippen LogP contribution in [0.5, 0.6) is 0 Å². The maximum atomic E-state index is 11.1. The van der Waals surface area contributed by atoms with Crippen molar-refractivity contribution in [2.24, 2.45) is 16.2 Å². The normalized spacial score (nSPS) is 10.4. The number of allylic oxidation sites excluding steroid dienone is 3. The predicted octanol–water partition coefficient (Wildman–Crippen LogP) is -1.16. The van der Waals surface area contributed by atoms with Gasteiger partial charge in [0.15, 0.2) is 68.3 Å². The molecule has 1 radical (unpaired) electrons. The summed E-state index contributed by atoms with van der Waals surface area (Å²) in [4.78, 5) is 99.8. The molecule has 0 rings (SSSR count). The quantitative estimate of drug-likeness (QED) is 0.139. The van der Waals surface area contributed by atoms with Gasteiger partial charge in [-0.1, -0.05) is 0 Å². The van der Waals surface area contributed by atoms with Crippen molar-refractivity contribution in [3.8, 4) is 0 Å². The Kier molecular flexibility index (Phi) is 17.8. The molecule has 0 bridgehead atoms. The molecule has 40 heavy (non-hydrogen) atoms. The summed E-state index contributed by atoms with van der Waals surface area (Å²) < 4.78 is 0. The van der Waals surface area contributed by atoms with Gasteiger partial charge in [-0.2, -0.15) is 0 Å². The average molecular weight is 651 g/mol. The van der Waals surface area contributed by atoms with Gasteiger partial charge in [-0.15, -0.1) is 37.0 Å². The van der Waals surface area contributed by atoms with E-state index in [4.69, 9.17) is 0 Å². The fourth-order valence-corrected chi connectivity index (χ4v) is 4.00. The Balaban J connectivity index is -0.000000240. The monoisotopic (exact) mass is 651 g/mol. The van der Waals surface area contributed by atoms with Crippen LogP contribution in [0, 0.1) is 16.2 Å². The van der Waals surface area contributed by atoms with Crippen molar-refractivity contribution < 1.29 is 77.9 Å². The van der Waals surface area contributed by atoms with Gasteiger partial charge < -0.3 is 15.3 Å². The van der Waals surface area contributed by atoms with E-state index < -0.39 is 85.6 Å². The third-order valence-corrected chi connectivity index (χ3v) is 6.01. The Morgan fingerprint density at radius 3 is 0.425 bits per heavy atom. The van der Waals surface area contributed by atoms with Gasteiger partial charge in [0, 0.05) is 0 Å². The van der Waals surface area contributed by atoms with Gasteiger partial charge in [0.05, 0.1) is 0 Å². The van der Waals surface area contributed by atoms with Crippen LogP contribution in [0.25, 0.3) is 0 Å². The molecule has 0 N–H and O–H groups in total. The number of hydrogen-bond acceptors (Lipinski definition) is 12. The third-order valence-electron chi connectivity index (χ3n) is 6.01. The van der Waals surface area contributed by atoms with Gasteiger partial charge in [-0.05, 0) is 62.3 Å². The Morgan fingerprint density at radius 1 is 0.350 bits per heavy atom. The molecule has 0 atom stereocenters. The molecule has 0 heterocycles. The molecular formula is C27H33O12Ru. The minimum atomic E-state index is -2.17. The third kappa shape index (κ3) is 8.14. The average Bonchev–Trinajstić information content (AvgIpc) is 2.66. The van der Waals surface area contributed by atoms with Gasteiger partial charge in [-0.3, -0.25) is 43.2 Å². The zero-order valence-electron chi connectivity index (χ0n) is 23.9. The van der Waals surface area contributed by atoms with Crippen LogP contribution in [0.3, 0.4) is 0 Å². The molecule has 0 unspecified atom stereocenters. The van der Waals surface area contributed by atoms with Crippen molar-refractivity contribution in [2.45, 2.75) is 62.3 Å². The van der Waals surface area contributed by atoms with Crippen molar-refractivity contribution in [2.75, 3.05) is 0 Å². The van der Waals surface area contributed by atoms with Crippen LogP contribution in [-0.4, -0.2) is 52.0 Å². The van der Waals surface area contributed by atoms with Crippen molar-refractivity contribution in [3.05, 3.63) is 37.0 Å². The number of rotatable bonds is 12. The molecule has 221 valence electrons. The topological polar surface area (TPSA) is 223 Å². The molecule has 0 aliphatic carbocycles. The van der Waals surface area contributed by atoms with Crippen molar-refractivity contribution in [1.29, 1.82) is 0 Å². The minimum Gasteiger partial charge on any atom is -0.875 e. The van der Waals surface area contributed by atoms with Gasteiger partial charge >= 0.3 is 19.5 Å². The standard InChI is InChI=1S/3C9H12O4.Ru/c3*1-5(10)9(6(2)11,7(3)12)8(4)13;/h3*10H,1H2,2-4H3;/q;;;+3/p-3. The summed E-state index contributed by atoms with van der Waals surface area (Å²) in [5.74, 6) is -9.81. The van der Waals surface area contributed by atoms with Crippen molar-refractivity contribution in [1.82, 2.24) is 0 Å².